The lowest BCUT2D eigenvalue weighted by Crippen LogP contribution is -2.36. The van der Waals surface area contributed by atoms with Crippen molar-refractivity contribution in [2.45, 2.75) is 25.6 Å². The molecular weight excluding hydrogens is 402 g/mol. The molecule has 1 heterocycles. The molecule has 1 aliphatic heterocycles. The summed E-state index contributed by atoms with van der Waals surface area (Å²) in [7, 11) is 3.31. The van der Waals surface area contributed by atoms with E-state index in [9.17, 15) is 9.90 Å². The second-order valence-electron chi connectivity index (χ2n) is 6.33. The van der Waals surface area contributed by atoms with Crippen LogP contribution in [0.25, 0.3) is 0 Å². The highest BCUT2D eigenvalue weighted by molar-refractivity contribution is 6.51. The molecule has 0 aromatic heterocycles. The van der Waals surface area contributed by atoms with Gasteiger partial charge in [0.15, 0.2) is 5.84 Å². The average molecular weight is 430 g/mol. The maximum atomic E-state index is 11.2. The van der Waals surface area contributed by atoms with Gasteiger partial charge in [0.1, 0.15) is 5.71 Å². The van der Waals surface area contributed by atoms with Crippen LogP contribution in [-0.2, 0) is 4.79 Å². The molecule has 160 valence electrons. The Hall–Kier alpha value is -3.19. The largest absolute Gasteiger partial charge is 0.478 e. The molecule has 7 nitrogen and oxygen atoms in total. The summed E-state index contributed by atoms with van der Waals surface area (Å²) >= 11 is 5.96. The Labute approximate surface area is 182 Å². The SMILES string of the molecule is C=C(/C=C\CC(C)Cl)NC1=NC(=C/C(=C)C(=O)O)/C(=C\C)C(=C)/C1=N\C(=N/C)NC. The quantitative estimate of drug-likeness (QED) is 0.197. The second kappa shape index (κ2) is 11.7. The number of hydrogen-bond acceptors (Lipinski definition) is 4. The fraction of sp³-hybridized carbons (Fsp3) is 0.273. The molecule has 0 amide bonds. The number of nitrogens with zero attached hydrogens (tertiary/aromatic N) is 3. The maximum absolute atomic E-state index is 11.2. The van der Waals surface area contributed by atoms with Gasteiger partial charge in [-0.05, 0) is 32.4 Å². The van der Waals surface area contributed by atoms with E-state index >= 15 is 0 Å². The molecule has 0 spiro atoms. The predicted octanol–water partition coefficient (Wildman–Crippen LogP) is 3.75. The number of carboxylic acids is 1. The van der Waals surface area contributed by atoms with Crippen molar-refractivity contribution < 1.29 is 9.90 Å². The van der Waals surface area contributed by atoms with Gasteiger partial charge in [-0.15, -0.1) is 11.6 Å². The van der Waals surface area contributed by atoms with Crippen molar-refractivity contribution >= 4 is 35.1 Å². The summed E-state index contributed by atoms with van der Waals surface area (Å²) in [5.74, 6) is -0.388. The van der Waals surface area contributed by atoms with E-state index in [0.29, 0.717) is 46.5 Å². The molecule has 0 aromatic rings. The summed E-state index contributed by atoms with van der Waals surface area (Å²) in [6.07, 6.45) is 7.55. The monoisotopic (exact) mass is 429 g/mol. The van der Waals surface area contributed by atoms with Gasteiger partial charge in [-0.3, -0.25) is 4.99 Å². The third-order valence-corrected chi connectivity index (χ3v) is 4.11. The summed E-state index contributed by atoms with van der Waals surface area (Å²) in [5.41, 5.74) is 2.53. The summed E-state index contributed by atoms with van der Waals surface area (Å²) in [6.45, 7) is 15.4. The van der Waals surface area contributed by atoms with Gasteiger partial charge >= 0.3 is 5.97 Å². The first-order valence-electron chi connectivity index (χ1n) is 9.23. The lowest BCUT2D eigenvalue weighted by Gasteiger charge is -2.23. The molecule has 0 saturated carbocycles. The van der Waals surface area contributed by atoms with Crippen LogP contribution in [0.4, 0.5) is 0 Å². The molecular formula is C22H28ClN5O2. The van der Waals surface area contributed by atoms with Crippen molar-refractivity contribution in [2.75, 3.05) is 14.1 Å². The van der Waals surface area contributed by atoms with Crippen molar-refractivity contribution in [2.24, 2.45) is 15.0 Å². The Morgan fingerprint density at radius 2 is 2.07 bits per heavy atom. The van der Waals surface area contributed by atoms with Crippen molar-refractivity contribution in [3.05, 3.63) is 72.2 Å². The topological polar surface area (TPSA) is 98.4 Å². The predicted molar refractivity (Wildman–Crippen MR) is 126 cm³/mol. The summed E-state index contributed by atoms with van der Waals surface area (Å²) in [5, 5.41) is 15.2. The Balaban J connectivity index is 3.51. The van der Waals surface area contributed by atoms with Crippen molar-refractivity contribution in [3.8, 4) is 0 Å². The zero-order valence-electron chi connectivity index (χ0n) is 17.8. The van der Waals surface area contributed by atoms with Crippen LogP contribution in [0.2, 0.25) is 0 Å². The Bertz CT molecular complexity index is 918. The molecule has 0 fully saturated rings. The standard InChI is InChI=1S/C22H28ClN5O2/c1-8-17-16(5)19(28-22(24-6)25-7)20(26-15(4)11-9-10-14(3)23)27-18(17)12-13(2)21(29)30/h8-9,11-12,14H,2,4-5,10H2,1,3,6-7H3,(H,24,25)(H,26,27)(H,29,30)/b11-9-,17-8-,18-12+,28-19+. The van der Waals surface area contributed by atoms with Gasteiger partial charge < -0.3 is 15.7 Å². The first-order chi connectivity index (χ1) is 14.1. The molecule has 30 heavy (non-hydrogen) atoms. The molecule has 0 aromatic carbocycles. The third kappa shape index (κ3) is 7.00. The molecule has 1 aliphatic rings. The number of rotatable bonds is 6. The van der Waals surface area contributed by atoms with Gasteiger partial charge in [0.2, 0.25) is 5.96 Å². The number of guanidine groups is 1. The molecule has 3 N–H and O–H groups in total. The average Bonchev–Trinajstić information content (AvgIpc) is 2.67. The zero-order chi connectivity index (χ0) is 22.8. The molecule has 0 radical (unpaired) electrons. The van der Waals surface area contributed by atoms with Crippen LogP contribution in [0.5, 0.6) is 0 Å². The van der Waals surface area contributed by atoms with Gasteiger partial charge in [-0.2, -0.15) is 0 Å². The minimum Gasteiger partial charge on any atom is -0.478 e. The lowest BCUT2D eigenvalue weighted by molar-refractivity contribution is -0.132. The number of alkyl halides is 1. The first-order valence-corrected chi connectivity index (χ1v) is 9.67. The van der Waals surface area contributed by atoms with Gasteiger partial charge in [-0.25, -0.2) is 14.8 Å². The summed E-state index contributed by atoms with van der Waals surface area (Å²) in [6, 6.07) is 0. The molecule has 1 rings (SSSR count). The number of amidine groups is 1. The lowest BCUT2D eigenvalue weighted by atomic mass is 9.94. The Kier molecular flexibility index (Phi) is 9.71. The Morgan fingerprint density at radius 1 is 1.40 bits per heavy atom. The van der Waals surface area contributed by atoms with Crippen LogP contribution in [0.1, 0.15) is 20.3 Å². The number of aliphatic carboxylic acids is 1. The van der Waals surface area contributed by atoms with Crippen LogP contribution in [0.3, 0.4) is 0 Å². The molecule has 0 saturated heterocycles. The number of nitrogens with one attached hydrogen (secondary N) is 2. The van der Waals surface area contributed by atoms with E-state index in [1.807, 2.05) is 19.9 Å². The maximum Gasteiger partial charge on any atom is 0.335 e. The number of hydrogen-bond donors (Lipinski definition) is 3. The Morgan fingerprint density at radius 3 is 2.57 bits per heavy atom. The minimum absolute atomic E-state index is 0.00532. The van der Waals surface area contributed by atoms with E-state index in [4.69, 9.17) is 11.6 Å². The molecule has 0 aliphatic carbocycles. The number of allylic oxidation sites excluding steroid dienone is 4. The first kappa shape index (κ1) is 24.8. The fourth-order valence-electron chi connectivity index (χ4n) is 2.44. The molecule has 8 heteroatoms. The minimum atomic E-state index is -1.13. The van der Waals surface area contributed by atoms with E-state index in [-0.39, 0.29) is 11.0 Å². The molecule has 0 bridgehead atoms. The molecule has 1 unspecified atom stereocenters. The van der Waals surface area contributed by atoms with Gasteiger partial charge in [0.25, 0.3) is 0 Å². The van der Waals surface area contributed by atoms with Crippen LogP contribution in [-0.4, -0.2) is 48.1 Å². The second-order valence-corrected chi connectivity index (χ2v) is 7.07. The van der Waals surface area contributed by atoms with Crippen LogP contribution in [0, 0.1) is 0 Å². The smallest absolute Gasteiger partial charge is 0.335 e. The van der Waals surface area contributed by atoms with E-state index < -0.39 is 5.97 Å². The number of carbonyl (C=O) groups is 1. The highest BCUT2D eigenvalue weighted by Crippen LogP contribution is 2.27. The van der Waals surface area contributed by atoms with Crippen LogP contribution >= 0.6 is 11.6 Å². The number of halogens is 1. The normalized spacial score (nSPS) is 19.9. The van der Waals surface area contributed by atoms with E-state index in [2.05, 4.69) is 45.3 Å². The highest BCUT2D eigenvalue weighted by atomic mass is 35.5. The van der Waals surface area contributed by atoms with Crippen molar-refractivity contribution in [1.82, 2.24) is 10.6 Å². The number of aliphatic imine (C=N–C) groups is 3. The van der Waals surface area contributed by atoms with Crippen LogP contribution in [0.15, 0.2) is 87.1 Å². The van der Waals surface area contributed by atoms with Gasteiger partial charge in [0, 0.05) is 36.3 Å². The summed E-state index contributed by atoms with van der Waals surface area (Å²) < 4.78 is 0. The van der Waals surface area contributed by atoms with E-state index in [1.165, 1.54) is 6.08 Å². The molecule has 1 atom stereocenters. The number of carboxylic acid groups (broad SMARTS) is 1. The fourth-order valence-corrected chi connectivity index (χ4v) is 2.54. The van der Waals surface area contributed by atoms with E-state index in [0.717, 1.165) is 0 Å². The van der Waals surface area contributed by atoms with Crippen LogP contribution < -0.4 is 10.6 Å². The third-order valence-electron chi connectivity index (χ3n) is 3.93. The van der Waals surface area contributed by atoms with Crippen molar-refractivity contribution in [1.29, 1.82) is 0 Å². The zero-order valence-corrected chi connectivity index (χ0v) is 18.5. The van der Waals surface area contributed by atoms with Gasteiger partial charge in [-0.1, -0.05) is 31.9 Å². The van der Waals surface area contributed by atoms with Gasteiger partial charge in [0.05, 0.1) is 11.3 Å². The summed E-state index contributed by atoms with van der Waals surface area (Å²) in [4.78, 5) is 24.4. The van der Waals surface area contributed by atoms with Crippen molar-refractivity contribution in [3.63, 3.8) is 0 Å². The van der Waals surface area contributed by atoms with E-state index in [1.54, 1.807) is 26.2 Å². The highest BCUT2D eigenvalue weighted by Gasteiger charge is 2.26.